The van der Waals surface area contributed by atoms with Gasteiger partial charge < -0.3 is 5.11 Å². The molecule has 64 valence electrons. The molecule has 2 rings (SSSR count). The van der Waals surface area contributed by atoms with E-state index in [1.165, 1.54) is 5.69 Å². The Kier molecular flexibility index (Phi) is 1.76. The Hall–Kier alpha value is -0.700. The molecule has 0 radical (unpaired) electrons. The van der Waals surface area contributed by atoms with Gasteiger partial charge in [0.05, 0.1) is 5.75 Å². The van der Waals surface area contributed by atoms with Crippen molar-refractivity contribution in [3.05, 3.63) is 17.8 Å². The third-order valence-corrected chi connectivity index (χ3v) is 3.53. The Balaban J connectivity index is 2.64. The largest absolute Gasteiger partial charge is 0.502 e. The van der Waals surface area contributed by atoms with E-state index in [0.29, 0.717) is 11.8 Å². The molecule has 0 amide bonds. The summed E-state index contributed by atoms with van der Waals surface area (Å²) >= 11 is 1.73. The SMILES string of the molecule is Cc1ccc(O)c2[n+]1C(C)CS2. The molecule has 0 saturated heterocycles. The topological polar surface area (TPSA) is 24.1 Å². The quantitative estimate of drug-likeness (QED) is 0.617. The first-order valence-electron chi connectivity index (χ1n) is 4.07. The smallest absolute Gasteiger partial charge is 0.283 e. The average Bonchev–Trinajstić information content (AvgIpc) is 2.42. The van der Waals surface area contributed by atoms with Gasteiger partial charge in [-0.1, -0.05) is 0 Å². The van der Waals surface area contributed by atoms with E-state index in [2.05, 4.69) is 18.4 Å². The van der Waals surface area contributed by atoms with Crippen LogP contribution in [0.4, 0.5) is 0 Å². The van der Waals surface area contributed by atoms with Gasteiger partial charge in [0.1, 0.15) is 0 Å². The summed E-state index contributed by atoms with van der Waals surface area (Å²) in [5.41, 5.74) is 1.22. The lowest BCUT2D eigenvalue weighted by Crippen LogP contribution is -2.39. The molecular weight excluding hydrogens is 170 g/mol. The number of pyridine rings is 1. The maximum Gasteiger partial charge on any atom is 0.283 e. The second kappa shape index (κ2) is 2.66. The van der Waals surface area contributed by atoms with E-state index in [4.69, 9.17) is 0 Å². The molecule has 0 fully saturated rings. The Morgan fingerprint density at radius 1 is 1.58 bits per heavy atom. The molecule has 1 atom stereocenters. The third-order valence-electron chi connectivity index (χ3n) is 2.20. The fourth-order valence-corrected chi connectivity index (χ4v) is 2.83. The summed E-state index contributed by atoms with van der Waals surface area (Å²) in [6, 6.07) is 4.24. The van der Waals surface area contributed by atoms with Crippen molar-refractivity contribution >= 4 is 11.8 Å². The van der Waals surface area contributed by atoms with Crippen LogP contribution in [0.25, 0.3) is 0 Å². The molecule has 0 aromatic carbocycles. The van der Waals surface area contributed by atoms with E-state index < -0.39 is 0 Å². The first-order chi connectivity index (χ1) is 5.70. The van der Waals surface area contributed by atoms with Gasteiger partial charge in [-0.15, -0.1) is 0 Å². The lowest BCUT2D eigenvalue weighted by atomic mass is 10.3. The van der Waals surface area contributed by atoms with Gasteiger partial charge in [0.2, 0.25) is 0 Å². The highest BCUT2D eigenvalue weighted by atomic mass is 32.2. The van der Waals surface area contributed by atoms with Crippen molar-refractivity contribution in [1.29, 1.82) is 0 Å². The third kappa shape index (κ3) is 1.00. The van der Waals surface area contributed by atoms with Crippen molar-refractivity contribution in [2.75, 3.05) is 5.75 Å². The second-order valence-electron chi connectivity index (χ2n) is 3.20. The summed E-state index contributed by atoms with van der Waals surface area (Å²) in [6.45, 7) is 4.25. The first-order valence-corrected chi connectivity index (χ1v) is 5.05. The summed E-state index contributed by atoms with van der Waals surface area (Å²) in [5.74, 6) is 1.48. The van der Waals surface area contributed by atoms with Crippen LogP contribution >= 0.6 is 11.8 Å². The molecule has 0 saturated carbocycles. The van der Waals surface area contributed by atoms with E-state index in [1.807, 2.05) is 6.07 Å². The minimum atomic E-state index is 0.412. The normalized spacial score (nSPS) is 21.0. The maximum absolute atomic E-state index is 9.53. The first kappa shape index (κ1) is 7.92. The van der Waals surface area contributed by atoms with E-state index in [0.717, 1.165) is 10.8 Å². The standard InChI is InChI=1S/C9H11NOS/c1-6-3-4-8(11)9-10(6)7(2)5-12-9/h3-4,7H,5H2,1-2H3/p+1. The van der Waals surface area contributed by atoms with Crippen molar-refractivity contribution in [3.63, 3.8) is 0 Å². The molecule has 2 nitrogen and oxygen atoms in total. The fraction of sp³-hybridized carbons (Fsp3) is 0.444. The molecule has 1 unspecified atom stereocenters. The highest BCUT2D eigenvalue weighted by Gasteiger charge is 2.32. The second-order valence-corrected chi connectivity index (χ2v) is 4.20. The van der Waals surface area contributed by atoms with Crippen LogP contribution in [-0.2, 0) is 0 Å². The molecule has 1 aromatic rings. The fourth-order valence-electron chi connectivity index (χ4n) is 1.60. The van der Waals surface area contributed by atoms with Crippen molar-refractivity contribution in [2.45, 2.75) is 24.9 Å². The lowest BCUT2D eigenvalue weighted by Gasteiger charge is -2.01. The van der Waals surface area contributed by atoms with Crippen LogP contribution in [-0.4, -0.2) is 10.9 Å². The summed E-state index contributed by atoms with van der Waals surface area (Å²) in [4.78, 5) is 0. The number of nitrogens with zero attached hydrogens (tertiary/aromatic N) is 1. The molecule has 1 aliphatic rings. The zero-order chi connectivity index (χ0) is 8.72. The number of aryl methyl sites for hydroxylation is 1. The Bertz CT molecular complexity index is 325. The van der Waals surface area contributed by atoms with E-state index in [1.54, 1.807) is 17.8 Å². The van der Waals surface area contributed by atoms with E-state index >= 15 is 0 Å². The molecule has 1 aliphatic heterocycles. The Morgan fingerprint density at radius 2 is 2.33 bits per heavy atom. The average molecular weight is 182 g/mol. The number of hydrogen-bond donors (Lipinski definition) is 1. The van der Waals surface area contributed by atoms with Crippen LogP contribution in [0.15, 0.2) is 17.2 Å². The van der Waals surface area contributed by atoms with Gasteiger partial charge >= 0.3 is 0 Å². The molecule has 3 heteroatoms. The predicted octanol–water partition coefficient (Wildman–Crippen LogP) is 1.65. The summed E-state index contributed by atoms with van der Waals surface area (Å²) < 4.78 is 2.19. The highest BCUT2D eigenvalue weighted by molar-refractivity contribution is 7.99. The molecule has 12 heavy (non-hydrogen) atoms. The summed E-state index contributed by atoms with van der Waals surface area (Å²) in [6.07, 6.45) is 0. The van der Waals surface area contributed by atoms with Crippen LogP contribution in [0.1, 0.15) is 18.7 Å². The van der Waals surface area contributed by atoms with E-state index in [9.17, 15) is 5.11 Å². The number of thioether (sulfide) groups is 1. The molecule has 2 heterocycles. The highest BCUT2D eigenvalue weighted by Crippen LogP contribution is 2.32. The van der Waals surface area contributed by atoms with Gasteiger partial charge in [-0.25, -0.2) is 0 Å². The van der Waals surface area contributed by atoms with Gasteiger partial charge in [0, 0.05) is 13.0 Å². The van der Waals surface area contributed by atoms with Crippen molar-refractivity contribution in [2.24, 2.45) is 0 Å². The van der Waals surface area contributed by atoms with Crippen LogP contribution in [0, 0.1) is 6.92 Å². The minimum Gasteiger partial charge on any atom is -0.502 e. The summed E-state index contributed by atoms with van der Waals surface area (Å²) in [7, 11) is 0. The van der Waals surface area contributed by atoms with Crippen LogP contribution in [0.2, 0.25) is 0 Å². The van der Waals surface area contributed by atoms with Gasteiger partial charge in [-0.05, 0) is 24.8 Å². The predicted molar refractivity (Wildman–Crippen MR) is 48.5 cm³/mol. The molecule has 0 aliphatic carbocycles. The summed E-state index contributed by atoms with van der Waals surface area (Å²) in [5, 5.41) is 10.5. The monoisotopic (exact) mass is 182 g/mol. The number of aromatic nitrogens is 1. The van der Waals surface area contributed by atoms with Crippen molar-refractivity contribution < 1.29 is 9.67 Å². The molecule has 1 aromatic heterocycles. The van der Waals surface area contributed by atoms with Crippen molar-refractivity contribution in [1.82, 2.24) is 0 Å². The maximum atomic E-state index is 9.53. The van der Waals surface area contributed by atoms with Crippen molar-refractivity contribution in [3.8, 4) is 5.75 Å². The number of aromatic hydroxyl groups is 1. The van der Waals surface area contributed by atoms with Gasteiger partial charge in [0.15, 0.2) is 17.5 Å². The Labute approximate surface area is 76.2 Å². The molecule has 0 bridgehead atoms. The molecule has 0 spiro atoms. The zero-order valence-electron chi connectivity index (χ0n) is 7.24. The zero-order valence-corrected chi connectivity index (χ0v) is 8.06. The van der Waals surface area contributed by atoms with Gasteiger partial charge in [-0.2, -0.15) is 4.57 Å². The Morgan fingerprint density at radius 3 is 3.00 bits per heavy atom. The molecular formula is C9H12NOS+. The van der Waals surface area contributed by atoms with Crippen LogP contribution in [0.5, 0.6) is 5.75 Å². The number of rotatable bonds is 0. The van der Waals surface area contributed by atoms with Gasteiger partial charge in [-0.3, -0.25) is 0 Å². The van der Waals surface area contributed by atoms with Crippen LogP contribution in [0.3, 0.4) is 0 Å². The number of fused-ring (bicyclic) bond motifs is 1. The van der Waals surface area contributed by atoms with E-state index in [-0.39, 0.29) is 0 Å². The number of hydrogen-bond acceptors (Lipinski definition) is 2. The van der Waals surface area contributed by atoms with Crippen LogP contribution < -0.4 is 4.57 Å². The molecule has 1 N–H and O–H groups in total. The lowest BCUT2D eigenvalue weighted by molar-refractivity contribution is -0.750. The van der Waals surface area contributed by atoms with Gasteiger partial charge in [0.25, 0.3) is 5.03 Å². The minimum absolute atomic E-state index is 0.412.